The average Bonchev–Trinajstić information content (AvgIpc) is 2.82. The summed E-state index contributed by atoms with van der Waals surface area (Å²) in [5.41, 5.74) is 1.43. The molecular formula is C12H18ClN5O. The molecule has 1 atom stereocenters. The lowest BCUT2D eigenvalue weighted by molar-refractivity contribution is 0.210. The molecule has 6 nitrogen and oxygen atoms in total. The molecule has 2 N–H and O–H groups in total. The minimum atomic E-state index is 0.202. The topological polar surface area (TPSA) is 75.9 Å². The average molecular weight is 284 g/mol. The maximum absolute atomic E-state index is 9.21. The molecule has 19 heavy (non-hydrogen) atoms. The highest BCUT2D eigenvalue weighted by Crippen LogP contribution is 2.21. The summed E-state index contributed by atoms with van der Waals surface area (Å²) in [4.78, 5) is 12.6. The molecule has 0 aliphatic rings. The maximum atomic E-state index is 9.21. The number of nitrogens with zero attached hydrogens (tertiary/aromatic N) is 4. The van der Waals surface area contributed by atoms with Crippen molar-refractivity contribution in [3.63, 3.8) is 0 Å². The first-order valence-electron chi connectivity index (χ1n) is 6.36. The number of nitrogens with one attached hydrogen (secondary N) is 1. The van der Waals surface area contributed by atoms with E-state index < -0.39 is 0 Å². The molecule has 0 radical (unpaired) electrons. The van der Waals surface area contributed by atoms with E-state index in [0.29, 0.717) is 17.3 Å². The lowest BCUT2D eigenvalue weighted by Crippen LogP contribution is -2.09. The first-order valence-corrected chi connectivity index (χ1v) is 6.74. The third-order valence-electron chi connectivity index (χ3n) is 3.29. The summed E-state index contributed by atoms with van der Waals surface area (Å²) < 4.78 is 1.95. The molecule has 7 heteroatoms. The molecule has 0 saturated heterocycles. The SMILES string of the molecule is CCC(CO)CCn1cnc2c(NC)nc(Cl)nc21. The van der Waals surface area contributed by atoms with Gasteiger partial charge in [0.2, 0.25) is 5.28 Å². The van der Waals surface area contributed by atoms with Gasteiger partial charge in [0.05, 0.1) is 6.33 Å². The fourth-order valence-corrected chi connectivity index (χ4v) is 2.17. The largest absolute Gasteiger partial charge is 0.396 e. The van der Waals surface area contributed by atoms with Gasteiger partial charge in [-0.15, -0.1) is 0 Å². The second kappa shape index (κ2) is 6.16. The predicted octanol–water partition coefficient (Wildman–Crippen LogP) is 1.93. The summed E-state index contributed by atoms with van der Waals surface area (Å²) >= 11 is 5.91. The lowest BCUT2D eigenvalue weighted by Gasteiger charge is -2.11. The van der Waals surface area contributed by atoms with Crippen molar-refractivity contribution in [3.05, 3.63) is 11.6 Å². The van der Waals surface area contributed by atoms with Gasteiger partial charge in [0.1, 0.15) is 0 Å². The van der Waals surface area contributed by atoms with Gasteiger partial charge in [0, 0.05) is 20.2 Å². The molecule has 1 unspecified atom stereocenters. The summed E-state index contributed by atoms with van der Waals surface area (Å²) in [5, 5.41) is 12.4. The Morgan fingerprint density at radius 1 is 1.47 bits per heavy atom. The van der Waals surface area contributed by atoms with E-state index in [0.717, 1.165) is 25.0 Å². The second-order valence-corrected chi connectivity index (χ2v) is 4.79. The van der Waals surface area contributed by atoms with Crippen LogP contribution >= 0.6 is 11.6 Å². The van der Waals surface area contributed by atoms with E-state index in [9.17, 15) is 5.11 Å². The molecule has 2 aromatic rings. The van der Waals surface area contributed by atoms with Gasteiger partial charge in [-0.2, -0.15) is 9.97 Å². The monoisotopic (exact) mass is 283 g/mol. The van der Waals surface area contributed by atoms with Crippen molar-refractivity contribution in [1.82, 2.24) is 19.5 Å². The van der Waals surface area contributed by atoms with Gasteiger partial charge in [0.15, 0.2) is 17.0 Å². The Labute approximate surface area is 116 Å². The molecule has 0 aromatic carbocycles. The normalized spacial score (nSPS) is 12.8. The zero-order valence-corrected chi connectivity index (χ0v) is 11.9. The van der Waals surface area contributed by atoms with Crippen molar-refractivity contribution in [2.75, 3.05) is 19.0 Å². The summed E-state index contributed by atoms with van der Waals surface area (Å²) in [6.45, 7) is 3.04. The number of aliphatic hydroxyl groups excluding tert-OH is 1. The zero-order chi connectivity index (χ0) is 13.8. The highest BCUT2D eigenvalue weighted by Gasteiger charge is 2.12. The number of hydrogen-bond donors (Lipinski definition) is 2. The lowest BCUT2D eigenvalue weighted by atomic mass is 10.0. The van der Waals surface area contributed by atoms with Gasteiger partial charge in [-0.05, 0) is 23.9 Å². The van der Waals surface area contributed by atoms with Gasteiger partial charge in [-0.3, -0.25) is 0 Å². The standard InChI is InChI=1S/C12H18ClN5O/c1-3-8(6-19)4-5-18-7-15-9-10(14-2)16-12(13)17-11(9)18/h7-8,19H,3-6H2,1-2H3,(H,14,16,17). The van der Waals surface area contributed by atoms with E-state index in [1.807, 2.05) is 4.57 Å². The molecule has 0 fully saturated rings. The number of aromatic nitrogens is 4. The number of aliphatic hydroxyl groups is 1. The van der Waals surface area contributed by atoms with Crippen LogP contribution in [-0.2, 0) is 6.54 Å². The van der Waals surface area contributed by atoms with Crippen LogP contribution in [0.15, 0.2) is 6.33 Å². The van der Waals surface area contributed by atoms with Gasteiger partial charge >= 0.3 is 0 Å². The van der Waals surface area contributed by atoms with E-state index >= 15 is 0 Å². The Balaban J connectivity index is 2.27. The molecule has 0 aliphatic carbocycles. The smallest absolute Gasteiger partial charge is 0.226 e. The van der Waals surface area contributed by atoms with Crippen LogP contribution in [0.5, 0.6) is 0 Å². The van der Waals surface area contributed by atoms with Crippen LogP contribution in [0, 0.1) is 5.92 Å². The van der Waals surface area contributed by atoms with Gasteiger partial charge in [-0.1, -0.05) is 13.3 Å². The van der Waals surface area contributed by atoms with Crippen molar-refractivity contribution in [1.29, 1.82) is 0 Å². The molecule has 2 aromatic heterocycles. The molecule has 0 saturated carbocycles. The van der Waals surface area contributed by atoms with Crippen LogP contribution in [0.3, 0.4) is 0 Å². The van der Waals surface area contributed by atoms with E-state index in [1.54, 1.807) is 13.4 Å². The minimum absolute atomic E-state index is 0.202. The number of fused-ring (bicyclic) bond motifs is 1. The Hall–Kier alpha value is -1.40. The summed E-state index contributed by atoms with van der Waals surface area (Å²) in [5.74, 6) is 0.932. The maximum Gasteiger partial charge on any atom is 0.226 e. The fourth-order valence-electron chi connectivity index (χ4n) is 2.00. The van der Waals surface area contributed by atoms with Crippen LogP contribution in [-0.4, -0.2) is 38.3 Å². The number of aryl methyl sites for hydroxylation is 1. The van der Waals surface area contributed by atoms with E-state index in [1.165, 1.54) is 0 Å². The molecule has 2 rings (SSSR count). The summed E-state index contributed by atoms with van der Waals surface area (Å²) in [6.07, 6.45) is 3.58. The van der Waals surface area contributed by atoms with Crippen LogP contribution in [0.1, 0.15) is 19.8 Å². The third kappa shape index (κ3) is 2.96. The molecule has 2 heterocycles. The van der Waals surface area contributed by atoms with Crippen molar-refractivity contribution in [2.24, 2.45) is 5.92 Å². The number of rotatable bonds is 6. The first-order chi connectivity index (χ1) is 9.19. The summed E-state index contributed by atoms with van der Waals surface area (Å²) in [6, 6.07) is 0. The minimum Gasteiger partial charge on any atom is -0.396 e. The molecule has 0 aliphatic heterocycles. The van der Waals surface area contributed by atoms with Crippen molar-refractivity contribution in [2.45, 2.75) is 26.3 Å². The Bertz CT molecular complexity index is 552. The third-order valence-corrected chi connectivity index (χ3v) is 3.46. The highest BCUT2D eigenvalue weighted by atomic mass is 35.5. The molecule has 0 bridgehead atoms. The molecule has 104 valence electrons. The predicted molar refractivity (Wildman–Crippen MR) is 75.4 cm³/mol. The number of imidazole rings is 1. The number of anilines is 1. The second-order valence-electron chi connectivity index (χ2n) is 4.45. The van der Waals surface area contributed by atoms with Crippen molar-refractivity contribution in [3.8, 4) is 0 Å². The number of halogens is 1. The first kappa shape index (κ1) is 14.0. The van der Waals surface area contributed by atoms with Gasteiger partial charge in [0.25, 0.3) is 0 Å². The van der Waals surface area contributed by atoms with E-state index in [4.69, 9.17) is 11.6 Å². The zero-order valence-electron chi connectivity index (χ0n) is 11.1. The molecule has 0 spiro atoms. The Kier molecular flexibility index (Phi) is 4.55. The highest BCUT2D eigenvalue weighted by molar-refractivity contribution is 6.28. The Morgan fingerprint density at radius 3 is 2.89 bits per heavy atom. The number of hydrogen-bond acceptors (Lipinski definition) is 5. The molecule has 0 amide bonds. The van der Waals surface area contributed by atoms with Crippen LogP contribution in [0.4, 0.5) is 5.82 Å². The van der Waals surface area contributed by atoms with E-state index in [2.05, 4.69) is 27.2 Å². The quantitative estimate of drug-likeness (QED) is 0.792. The van der Waals surface area contributed by atoms with Crippen LogP contribution in [0.25, 0.3) is 11.2 Å². The Morgan fingerprint density at radius 2 is 2.26 bits per heavy atom. The van der Waals surface area contributed by atoms with Crippen LogP contribution in [0.2, 0.25) is 5.28 Å². The molecular weight excluding hydrogens is 266 g/mol. The summed E-state index contributed by atoms with van der Waals surface area (Å²) in [7, 11) is 1.77. The fraction of sp³-hybridized carbons (Fsp3) is 0.583. The van der Waals surface area contributed by atoms with Crippen LogP contribution < -0.4 is 5.32 Å². The van der Waals surface area contributed by atoms with Crippen molar-refractivity contribution < 1.29 is 5.11 Å². The van der Waals surface area contributed by atoms with E-state index in [-0.39, 0.29) is 11.9 Å². The van der Waals surface area contributed by atoms with Crippen molar-refractivity contribution >= 4 is 28.6 Å². The van der Waals surface area contributed by atoms with Gasteiger partial charge < -0.3 is 15.0 Å². The van der Waals surface area contributed by atoms with Gasteiger partial charge in [-0.25, -0.2) is 4.98 Å².